The maximum absolute atomic E-state index is 12.5. The Balaban J connectivity index is 0.00000364. The molecule has 0 bridgehead atoms. The van der Waals surface area contributed by atoms with Crippen LogP contribution >= 0.6 is 24.0 Å². The molecule has 0 aliphatic heterocycles. The van der Waals surface area contributed by atoms with Crippen molar-refractivity contribution in [2.75, 3.05) is 13.6 Å². The molecule has 0 unspecified atom stereocenters. The Morgan fingerprint density at radius 2 is 2.11 bits per heavy atom. The molecule has 27 heavy (non-hydrogen) atoms. The van der Waals surface area contributed by atoms with E-state index >= 15 is 0 Å². The lowest BCUT2D eigenvalue weighted by Gasteiger charge is -2.15. The monoisotopic (exact) mass is 493 g/mol. The van der Waals surface area contributed by atoms with E-state index in [4.69, 9.17) is 0 Å². The summed E-state index contributed by atoms with van der Waals surface area (Å²) in [6, 6.07) is 5.12. The normalized spacial score (nSPS) is 11.3. The van der Waals surface area contributed by atoms with Crippen molar-refractivity contribution in [2.45, 2.75) is 32.9 Å². The van der Waals surface area contributed by atoms with Crippen LogP contribution in [0.25, 0.3) is 0 Å². The predicted octanol–water partition coefficient (Wildman–Crippen LogP) is 3.25. The Morgan fingerprint density at radius 1 is 1.33 bits per heavy atom. The number of alkyl halides is 2. The molecule has 0 atom stereocenters. The van der Waals surface area contributed by atoms with Gasteiger partial charge in [0.2, 0.25) is 0 Å². The molecule has 1 aromatic carbocycles. The first-order valence-electron chi connectivity index (χ1n) is 8.44. The molecule has 0 saturated heterocycles. The molecule has 9 heteroatoms. The zero-order chi connectivity index (χ0) is 18.9. The van der Waals surface area contributed by atoms with Crippen molar-refractivity contribution in [3.8, 4) is 5.75 Å². The molecule has 0 aliphatic carbocycles. The average molecular weight is 493 g/mol. The number of aromatic nitrogens is 2. The van der Waals surface area contributed by atoms with E-state index in [9.17, 15) is 8.78 Å². The van der Waals surface area contributed by atoms with E-state index in [0.717, 1.165) is 24.9 Å². The van der Waals surface area contributed by atoms with Gasteiger partial charge in [0.15, 0.2) is 5.96 Å². The highest BCUT2D eigenvalue weighted by atomic mass is 127. The van der Waals surface area contributed by atoms with Gasteiger partial charge in [0.1, 0.15) is 5.75 Å². The molecule has 2 N–H and O–H groups in total. The van der Waals surface area contributed by atoms with Crippen LogP contribution in [-0.4, -0.2) is 35.9 Å². The van der Waals surface area contributed by atoms with Crippen molar-refractivity contribution in [2.24, 2.45) is 12.0 Å². The fourth-order valence-electron chi connectivity index (χ4n) is 2.56. The highest BCUT2D eigenvalue weighted by molar-refractivity contribution is 14.0. The third-order valence-electron chi connectivity index (χ3n) is 3.79. The molecule has 0 amide bonds. The van der Waals surface area contributed by atoms with Crippen LogP contribution in [0.3, 0.4) is 0 Å². The zero-order valence-corrected chi connectivity index (χ0v) is 18.0. The van der Waals surface area contributed by atoms with Gasteiger partial charge >= 0.3 is 6.61 Å². The summed E-state index contributed by atoms with van der Waals surface area (Å²) in [6.45, 7) is 0.136. The minimum atomic E-state index is -2.85. The predicted molar refractivity (Wildman–Crippen MR) is 113 cm³/mol. The summed E-state index contributed by atoms with van der Waals surface area (Å²) < 4.78 is 31.4. The van der Waals surface area contributed by atoms with Crippen LogP contribution in [-0.2, 0) is 20.0 Å². The van der Waals surface area contributed by atoms with Crippen LogP contribution in [0.2, 0.25) is 0 Å². The van der Waals surface area contributed by atoms with Crippen LogP contribution < -0.4 is 15.4 Å². The number of hydrogen-bond donors (Lipinski definition) is 2. The third-order valence-corrected chi connectivity index (χ3v) is 3.79. The van der Waals surface area contributed by atoms with Crippen LogP contribution in [0, 0.1) is 6.92 Å². The summed E-state index contributed by atoms with van der Waals surface area (Å²) in [7, 11) is 3.56. The first-order valence-corrected chi connectivity index (χ1v) is 8.44. The molecule has 1 aromatic heterocycles. The molecule has 0 radical (unpaired) electrons. The van der Waals surface area contributed by atoms with E-state index in [1.54, 1.807) is 23.9 Å². The molecule has 6 nitrogen and oxygen atoms in total. The van der Waals surface area contributed by atoms with Crippen molar-refractivity contribution in [3.05, 3.63) is 47.3 Å². The number of aliphatic imine (C=N–C) groups is 1. The Hall–Kier alpha value is -1.91. The average Bonchev–Trinajstić information content (AvgIpc) is 3.01. The summed E-state index contributed by atoms with van der Waals surface area (Å²) in [5, 5.41) is 10.5. The molecule has 1 heterocycles. The van der Waals surface area contributed by atoms with Crippen LogP contribution in [0.4, 0.5) is 8.78 Å². The number of ether oxygens (including phenoxy) is 1. The number of benzene rings is 1. The second kappa shape index (κ2) is 11.7. The summed E-state index contributed by atoms with van der Waals surface area (Å²) in [4.78, 5) is 4.15. The highest BCUT2D eigenvalue weighted by Gasteiger charge is 2.10. The van der Waals surface area contributed by atoms with Crippen molar-refractivity contribution in [3.63, 3.8) is 0 Å². The van der Waals surface area contributed by atoms with Gasteiger partial charge < -0.3 is 15.4 Å². The van der Waals surface area contributed by atoms with Gasteiger partial charge in [0, 0.05) is 38.9 Å². The summed E-state index contributed by atoms with van der Waals surface area (Å²) in [5.74, 6) is 0.783. The molecule has 0 fully saturated rings. The Kier molecular flexibility index (Phi) is 10.0. The number of guanidine groups is 1. The van der Waals surface area contributed by atoms with E-state index in [1.807, 2.05) is 32.4 Å². The van der Waals surface area contributed by atoms with E-state index in [2.05, 4.69) is 25.5 Å². The lowest BCUT2D eigenvalue weighted by Crippen LogP contribution is -2.37. The first-order chi connectivity index (χ1) is 12.5. The topological polar surface area (TPSA) is 63.5 Å². The van der Waals surface area contributed by atoms with Crippen molar-refractivity contribution in [1.82, 2.24) is 20.4 Å². The number of rotatable bonds is 8. The summed E-state index contributed by atoms with van der Waals surface area (Å²) >= 11 is 0. The highest BCUT2D eigenvalue weighted by Crippen LogP contribution is 2.21. The lowest BCUT2D eigenvalue weighted by atomic mass is 10.1. The van der Waals surface area contributed by atoms with E-state index in [-0.39, 0.29) is 29.7 Å². The maximum Gasteiger partial charge on any atom is 0.387 e. The van der Waals surface area contributed by atoms with Gasteiger partial charge in [-0.3, -0.25) is 9.67 Å². The quantitative estimate of drug-likeness (QED) is 0.257. The van der Waals surface area contributed by atoms with E-state index in [0.29, 0.717) is 18.1 Å². The third kappa shape index (κ3) is 8.10. The van der Waals surface area contributed by atoms with Crippen LogP contribution in [0.5, 0.6) is 5.75 Å². The van der Waals surface area contributed by atoms with E-state index < -0.39 is 6.61 Å². The fourth-order valence-corrected chi connectivity index (χ4v) is 2.56. The van der Waals surface area contributed by atoms with Crippen molar-refractivity contribution < 1.29 is 13.5 Å². The Bertz CT molecular complexity index is 736. The molecular weight excluding hydrogens is 467 g/mol. The van der Waals surface area contributed by atoms with Gasteiger partial charge in [-0.1, -0.05) is 17.7 Å². The number of hydrogen-bond acceptors (Lipinski definition) is 3. The minimum Gasteiger partial charge on any atom is -0.434 e. The van der Waals surface area contributed by atoms with Gasteiger partial charge in [-0.25, -0.2) is 0 Å². The SMILES string of the molecule is CN=C(NCCCc1cnn(C)c1)NCc1cc(C)ccc1OC(F)F.I. The molecule has 2 aromatic rings. The van der Waals surface area contributed by atoms with Gasteiger partial charge in [0.05, 0.1) is 6.20 Å². The number of aryl methyl sites for hydroxylation is 3. The van der Waals surface area contributed by atoms with Gasteiger partial charge in [-0.15, -0.1) is 24.0 Å². The van der Waals surface area contributed by atoms with E-state index in [1.165, 1.54) is 5.56 Å². The zero-order valence-electron chi connectivity index (χ0n) is 15.7. The number of halogens is 3. The molecule has 0 saturated carbocycles. The minimum absolute atomic E-state index is 0. The smallest absolute Gasteiger partial charge is 0.387 e. The van der Waals surface area contributed by atoms with Crippen molar-refractivity contribution in [1.29, 1.82) is 0 Å². The van der Waals surface area contributed by atoms with Crippen molar-refractivity contribution >= 4 is 29.9 Å². The standard InChI is InChI=1S/C18H25F2N5O.HI/c1-13-6-7-16(26-17(19)20)15(9-13)11-23-18(21-2)22-8-4-5-14-10-24-25(3)12-14;/h6-7,9-10,12,17H,4-5,8,11H2,1-3H3,(H2,21,22,23);1H. The second-order valence-corrected chi connectivity index (χ2v) is 5.97. The maximum atomic E-state index is 12.5. The largest absolute Gasteiger partial charge is 0.434 e. The second-order valence-electron chi connectivity index (χ2n) is 5.97. The molecule has 2 rings (SSSR count). The Morgan fingerprint density at radius 3 is 2.74 bits per heavy atom. The summed E-state index contributed by atoms with van der Waals surface area (Å²) in [6.07, 6.45) is 5.70. The molecular formula is C18H26F2IN5O. The van der Waals surface area contributed by atoms with Gasteiger partial charge in [-0.05, 0) is 31.4 Å². The van der Waals surface area contributed by atoms with Gasteiger partial charge in [0.25, 0.3) is 0 Å². The molecule has 0 spiro atoms. The van der Waals surface area contributed by atoms with Crippen LogP contribution in [0.1, 0.15) is 23.1 Å². The Labute approximate surface area is 175 Å². The number of nitrogens with zero attached hydrogens (tertiary/aromatic N) is 3. The summed E-state index contributed by atoms with van der Waals surface area (Å²) in [5.41, 5.74) is 2.82. The van der Waals surface area contributed by atoms with Crippen LogP contribution in [0.15, 0.2) is 35.6 Å². The molecule has 150 valence electrons. The molecule has 0 aliphatic rings. The lowest BCUT2D eigenvalue weighted by molar-refractivity contribution is -0.0504. The number of nitrogens with one attached hydrogen (secondary N) is 2. The van der Waals surface area contributed by atoms with Gasteiger partial charge in [-0.2, -0.15) is 13.9 Å². The fraction of sp³-hybridized carbons (Fsp3) is 0.444. The first kappa shape index (κ1) is 23.1.